The van der Waals surface area contributed by atoms with E-state index in [9.17, 15) is 0 Å². The van der Waals surface area contributed by atoms with Gasteiger partial charge >= 0.3 is 0 Å². The van der Waals surface area contributed by atoms with Crippen molar-refractivity contribution in [2.24, 2.45) is 11.1 Å². The van der Waals surface area contributed by atoms with E-state index in [0.29, 0.717) is 11.5 Å². The van der Waals surface area contributed by atoms with E-state index in [1.165, 1.54) is 51.7 Å². The smallest absolute Gasteiger partial charge is 0.0595 e. The molecule has 0 aromatic carbocycles. The Balaban J connectivity index is 2.04. The maximum atomic E-state index is 5.74. The van der Waals surface area contributed by atoms with Crippen LogP contribution in [-0.4, -0.2) is 44.3 Å². The van der Waals surface area contributed by atoms with Crippen molar-refractivity contribution >= 4 is 0 Å². The Morgan fingerprint density at radius 1 is 1.24 bits per heavy atom. The molecule has 1 aliphatic rings. The average Bonchev–Trinajstić information content (AvgIpc) is 2.35. The first-order chi connectivity index (χ1) is 8.07. The predicted octanol–water partition coefficient (Wildman–Crippen LogP) is 2.25. The van der Waals surface area contributed by atoms with Crippen LogP contribution in [0, 0.1) is 5.41 Å². The summed E-state index contributed by atoms with van der Waals surface area (Å²) in [7, 11) is 1.83. The molecular formula is C14H30N2O. The molecule has 0 aromatic rings. The maximum absolute atomic E-state index is 5.74. The maximum Gasteiger partial charge on any atom is 0.0595 e. The van der Waals surface area contributed by atoms with Gasteiger partial charge in [-0.15, -0.1) is 0 Å². The van der Waals surface area contributed by atoms with Crippen molar-refractivity contribution < 1.29 is 4.74 Å². The zero-order valence-corrected chi connectivity index (χ0v) is 11.9. The minimum atomic E-state index is 0.322. The number of hydrogen-bond donors (Lipinski definition) is 1. The molecule has 0 unspecified atom stereocenters. The normalized spacial score (nSPS) is 19.8. The third-order valence-corrected chi connectivity index (χ3v) is 4.00. The van der Waals surface area contributed by atoms with Gasteiger partial charge in [0.25, 0.3) is 0 Å². The standard InChI is InChI=1S/C14H30N2O/c1-14(2,12-15)8-4-5-9-16-10-6-13(17-3)7-11-16/h13H,4-12,15H2,1-3H3. The summed E-state index contributed by atoms with van der Waals surface area (Å²) in [5.41, 5.74) is 6.06. The van der Waals surface area contributed by atoms with E-state index in [0.717, 1.165) is 6.54 Å². The Labute approximate surface area is 107 Å². The Morgan fingerprint density at radius 3 is 2.41 bits per heavy atom. The lowest BCUT2D eigenvalue weighted by molar-refractivity contribution is 0.0405. The SMILES string of the molecule is COC1CCN(CCCCC(C)(C)CN)CC1. The van der Waals surface area contributed by atoms with Gasteiger partial charge in [0, 0.05) is 20.2 Å². The largest absolute Gasteiger partial charge is 0.381 e. The number of methoxy groups -OCH3 is 1. The third-order valence-electron chi connectivity index (χ3n) is 4.00. The average molecular weight is 242 g/mol. The minimum Gasteiger partial charge on any atom is -0.381 e. The highest BCUT2D eigenvalue weighted by Crippen LogP contribution is 2.21. The molecule has 0 amide bonds. The highest BCUT2D eigenvalue weighted by atomic mass is 16.5. The predicted molar refractivity (Wildman–Crippen MR) is 73.2 cm³/mol. The molecule has 1 saturated heterocycles. The van der Waals surface area contributed by atoms with Gasteiger partial charge in [-0.3, -0.25) is 0 Å². The van der Waals surface area contributed by atoms with E-state index in [2.05, 4.69) is 18.7 Å². The van der Waals surface area contributed by atoms with Gasteiger partial charge < -0.3 is 15.4 Å². The summed E-state index contributed by atoms with van der Waals surface area (Å²) in [6, 6.07) is 0. The van der Waals surface area contributed by atoms with Crippen molar-refractivity contribution in [1.29, 1.82) is 0 Å². The summed E-state index contributed by atoms with van der Waals surface area (Å²) in [6.07, 6.45) is 6.76. The number of nitrogens with two attached hydrogens (primary N) is 1. The molecule has 1 heterocycles. The van der Waals surface area contributed by atoms with Crippen LogP contribution < -0.4 is 5.73 Å². The zero-order valence-electron chi connectivity index (χ0n) is 11.9. The summed E-state index contributed by atoms with van der Waals surface area (Å²) in [6.45, 7) is 8.98. The van der Waals surface area contributed by atoms with E-state index >= 15 is 0 Å². The first kappa shape index (κ1) is 14.9. The van der Waals surface area contributed by atoms with E-state index < -0.39 is 0 Å². The summed E-state index contributed by atoms with van der Waals surface area (Å²) in [5.74, 6) is 0. The highest BCUT2D eigenvalue weighted by Gasteiger charge is 2.19. The van der Waals surface area contributed by atoms with Crippen LogP contribution in [0.1, 0.15) is 46.0 Å². The number of piperidine rings is 1. The van der Waals surface area contributed by atoms with Gasteiger partial charge in [-0.2, -0.15) is 0 Å². The lowest BCUT2D eigenvalue weighted by Gasteiger charge is -2.31. The molecule has 0 bridgehead atoms. The molecule has 0 spiro atoms. The molecule has 0 radical (unpaired) electrons. The van der Waals surface area contributed by atoms with Crippen molar-refractivity contribution in [3.63, 3.8) is 0 Å². The third kappa shape index (κ3) is 5.84. The second kappa shape index (κ2) is 7.34. The summed E-state index contributed by atoms with van der Waals surface area (Å²) < 4.78 is 5.38. The minimum absolute atomic E-state index is 0.322. The van der Waals surface area contributed by atoms with Crippen molar-refractivity contribution in [3.05, 3.63) is 0 Å². The summed E-state index contributed by atoms with van der Waals surface area (Å²) in [4.78, 5) is 2.57. The molecule has 1 aliphatic heterocycles. The van der Waals surface area contributed by atoms with Gasteiger partial charge in [-0.1, -0.05) is 20.3 Å². The fourth-order valence-corrected chi connectivity index (χ4v) is 2.41. The number of hydrogen-bond acceptors (Lipinski definition) is 3. The van der Waals surface area contributed by atoms with Crippen molar-refractivity contribution in [3.8, 4) is 0 Å². The molecule has 17 heavy (non-hydrogen) atoms. The van der Waals surface area contributed by atoms with Crippen LogP contribution in [0.4, 0.5) is 0 Å². The molecule has 0 atom stereocenters. The second-order valence-electron chi connectivity index (χ2n) is 6.10. The molecule has 1 fully saturated rings. The molecule has 2 N–H and O–H groups in total. The van der Waals surface area contributed by atoms with E-state index in [-0.39, 0.29) is 0 Å². The Kier molecular flexibility index (Phi) is 6.45. The second-order valence-corrected chi connectivity index (χ2v) is 6.10. The molecule has 102 valence electrons. The molecule has 1 rings (SSSR count). The van der Waals surface area contributed by atoms with Crippen LogP contribution in [-0.2, 0) is 4.74 Å². The molecule has 0 aliphatic carbocycles. The van der Waals surface area contributed by atoms with Crippen molar-refractivity contribution in [2.45, 2.75) is 52.1 Å². The Bertz CT molecular complexity index is 198. The van der Waals surface area contributed by atoms with Gasteiger partial charge in [0.1, 0.15) is 0 Å². The summed E-state index contributed by atoms with van der Waals surface area (Å²) >= 11 is 0. The lowest BCUT2D eigenvalue weighted by Crippen LogP contribution is -2.37. The topological polar surface area (TPSA) is 38.5 Å². The fourth-order valence-electron chi connectivity index (χ4n) is 2.41. The Hall–Kier alpha value is -0.120. The molecular weight excluding hydrogens is 212 g/mol. The lowest BCUT2D eigenvalue weighted by atomic mass is 9.87. The van der Waals surface area contributed by atoms with Gasteiger partial charge in [-0.05, 0) is 44.2 Å². The molecule has 0 aromatic heterocycles. The number of ether oxygens (including phenoxy) is 1. The van der Waals surface area contributed by atoms with E-state index in [1.54, 1.807) is 0 Å². The monoisotopic (exact) mass is 242 g/mol. The number of likely N-dealkylation sites (tertiary alicyclic amines) is 1. The van der Waals surface area contributed by atoms with Crippen LogP contribution >= 0.6 is 0 Å². The van der Waals surface area contributed by atoms with Gasteiger partial charge in [0.2, 0.25) is 0 Å². The van der Waals surface area contributed by atoms with Crippen molar-refractivity contribution in [2.75, 3.05) is 33.3 Å². The van der Waals surface area contributed by atoms with Gasteiger partial charge in [0.05, 0.1) is 6.10 Å². The quantitative estimate of drug-likeness (QED) is 0.696. The molecule has 0 saturated carbocycles. The summed E-state index contributed by atoms with van der Waals surface area (Å²) in [5, 5.41) is 0. The first-order valence-corrected chi connectivity index (χ1v) is 7.02. The Morgan fingerprint density at radius 2 is 1.88 bits per heavy atom. The highest BCUT2D eigenvalue weighted by molar-refractivity contribution is 4.73. The van der Waals surface area contributed by atoms with Gasteiger partial charge in [-0.25, -0.2) is 0 Å². The van der Waals surface area contributed by atoms with Crippen LogP contribution in [0.3, 0.4) is 0 Å². The van der Waals surface area contributed by atoms with E-state index in [1.807, 2.05) is 7.11 Å². The number of nitrogens with zero attached hydrogens (tertiary/aromatic N) is 1. The van der Waals surface area contributed by atoms with Crippen LogP contribution in [0.2, 0.25) is 0 Å². The van der Waals surface area contributed by atoms with Crippen molar-refractivity contribution in [1.82, 2.24) is 4.90 Å². The fraction of sp³-hybridized carbons (Fsp3) is 1.00. The number of unbranched alkanes of at least 4 members (excludes halogenated alkanes) is 1. The van der Waals surface area contributed by atoms with Gasteiger partial charge in [0.15, 0.2) is 0 Å². The zero-order chi connectivity index (χ0) is 12.7. The molecule has 3 heteroatoms. The van der Waals surface area contributed by atoms with Crippen LogP contribution in [0.25, 0.3) is 0 Å². The number of rotatable bonds is 7. The van der Waals surface area contributed by atoms with E-state index in [4.69, 9.17) is 10.5 Å². The first-order valence-electron chi connectivity index (χ1n) is 7.02. The van der Waals surface area contributed by atoms with Crippen LogP contribution in [0.15, 0.2) is 0 Å². The molecule has 3 nitrogen and oxygen atoms in total. The van der Waals surface area contributed by atoms with Crippen LogP contribution in [0.5, 0.6) is 0 Å².